The average Bonchev–Trinajstić information content (AvgIpc) is 3.53. The predicted octanol–water partition coefficient (Wildman–Crippen LogP) is 7.78. The van der Waals surface area contributed by atoms with Crippen molar-refractivity contribution in [1.29, 1.82) is 0 Å². The summed E-state index contributed by atoms with van der Waals surface area (Å²) in [4.78, 5) is 0. The number of hydrogen-bond donors (Lipinski definition) is 1. The van der Waals surface area contributed by atoms with Crippen LogP contribution in [0.15, 0.2) is 127 Å². The summed E-state index contributed by atoms with van der Waals surface area (Å²) in [5.74, 6) is -2.78. The van der Waals surface area contributed by atoms with Crippen LogP contribution in [0.1, 0.15) is 37.5 Å². The monoisotopic (exact) mass is 713 g/mol. The lowest BCUT2D eigenvalue weighted by Crippen LogP contribution is -2.67. The number of aliphatic hydroxyl groups is 1. The highest BCUT2D eigenvalue weighted by Crippen LogP contribution is 2.53. The third-order valence-corrected chi connectivity index (χ3v) is 9.79. The summed E-state index contributed by atoms with van der Waals surface area (Å²) in [6.07, 6.45) is -2.37. The molecule has 0 amide bonds. The van der Waals surface area contributed by atoms with Gasteiger partial charge in [-0.1, -0.05) is 115 Å². The van der Waals surface area contributed by atoms with E-state index in [-0.39, 0.29) is 38.6 Å². The highest BCUT2D eigenvalue weighted by molar-refractivity contribution is 6.31. The Kier molecular flexibility index (Phi) is 9.69. The average molecular weight is 714 g/mol. The Labute approximate surface area is 306 Å². The van der Waals surface area contributed by atoms with E-state index in [1.165, 1.54) is 12.1 Å². The van der Waals surface area contributed by atoms with E-state index in [0.717, 1.165) is 16.7 Å². The first-order valence-electron chi connectivity index (χ1n) is 18.3. The number of methoxy groups -OCH3 is 1. The van der Waals surface area contributed by atoms with Gasteiger partial charge in [-0.05, 0) is 58.5 Å². The Morgan fingerprint density at radius 3 is 1.96 bits per heavy atom. The fraction of sp³-hybridized carbons (Fsp3) is 0.286. The molecule has 7 rings (SSSR count). The zero-order valence-electron chi connectivity index (χ0n) is 30.8. The van der Waals surface area contributed by atoms with E-state index in [4.69, 9.17) is 44.1 Å². The molecule has 2 heterocycles. The third-order valence-electron chi connectivity index (χ3n) is 9.42. The quantitative estimate of drug-likeness (QED) is 0.126. The molecule has 2 bridgehead atoms. The zero-order valence-corrected chi connectivity index (χ0v) is 28.5. The Morgan fingerprint density at radius 1 is 0.765 bits per heavy atom. The first kappa shape index (κ1) is 31.6. The van der Waals surface area contributed by atoms with Gasteiger partial charge in [0.15, 0.2) is 11.6 Å². The molecule has 5 aromatic carbocycles. The van der Waals surface area contributed by atoms with Gasteiger partial charge in [-0.25, -0.2) is 4.39 Å². The topological polar surface area (TPSA) is 75.6 Å². The second-order valence-corrected chi connectivity index (χ2v) is 13.2. The van der Waals surface area contributed by atoms with Crippen LogP contribution in [0, 0.1) is 5.82 Å². The minimum Gasteiger partial charge on any atom is -0.494 e. The molecule has 2 saturated heterocycles. The molecule has 0 unspecified atom stereocenters. The smallest absolute Gasteiger partial charge is 0.225 e. The van der Waals surface area contributed by atoms with Crippen molar-refractivity contribution in [3.63, 3.8) is 0 Å². The van der Waals surface area contributed by atoms with E-state index in [1.807, 2.05) is 97.1 Å². The van der Waals surface area contributed by atoms with Crippen LogP contribution in [0.25, 0.3) is 0 Å². The second kappa shape index (κ2) is 15.6. The number of ether oxygens (including phenoxy) is 6. The second-order valence-electron chi connectivity index (χ2n) is 12.8. The number of fused-ring (bicyclic) bond motifs is 2. The molecule has 0 aromatic heterocycles. The van der Waals surface area contributed by atoms with E-state index in [0.29, 0.717) is 21.7 Å². The maximum Gasteiger partial charge on any atom is 0.225 e. The minimum absolute atomic E-state index is 0.0343. The van der Waals surface area contributed by atoms with Gasteiger partial charge in [0.1, 0.15) is 23.9 Å². The normalized spacial score (nSPS) is 25.2. The third kappa shape index (κ3) is 7.45. The number of aliphatic hydroxyl groups excluding tert-OH is 1. The molecule has 2 fully saturated rings. The van der Waals surface area contributed by atoms with E-state index >= 15 is 0 Å². The van der Waals surface area contributed by atoms with Gasteiger partial charge in [-0.3, -0.25) is 0 Å². The van der Waals surface area contributed by atoms with Gasteiger partial charge in [0.2, 0.25) is 5.79 Å². The van der Waals surface area contributed by atoms with Crippen molar-refractivity contribution in [2.24, 2.45) is 0 Å². The van der Waals surface area contributed by atoms with E-state index in [2.05, 4.69) is 0 Å². The molecule has 0 spiro atoms. The summed E-state index contributed by atoms with van der Waals surface area (Å²) in [7, 11) is -2.79. The van der Waals surface area contributed by atoms with Crippen molar-refractivity contribution >= 4 is 11.6 Å². The fourth-order valence-electron chi connectivity index (χ4n) is 6.82. The molecular formula is C42H40ClFO7. The maximum absolute atomic E-state index is 15.0. The van der Waals surface area contributed by atoms with Crippen LogP contribution in [0.5, 0.6) is 5.75 Å². The maximum atomic E-state index is 15.0. The number of rotatable bonds is 14. The number of halogens is 2. The number of hydrogen-bond acceptors (Lipinski definition) is 7. The number of benzene rings is 5. The molecule has 264 valence electrons. The van der Waals surface area contributed by atoms with Crippen LogP contribution in [-0.2, 0) is 55.7 Å². The van der Waals surface area contributed by atoms with Crippen LogP contribution in [0.4, 0.5) is 4.39 Å². The molecule has 7 nitrogen and oxygen atoms in total. The first-order valence-corrected chi connectivity index (χ1v) is 17.1. The standard InChI is InChI=1S/C42H40ClFO7/c1-46-37-20-17-32(22-36(37)44)21-33-23-34(18-19-35(33)43)42-40(49-26-31-15-9-4-10-16-31)38(47-24-29-11-5-2-6-12-29)39(41(27-45,51-42)28-50-42)48-25-30-13-7-3-8-14-30/h2-20,22-23,38-40,45H,21,24-28H2,1H3/t38-,39-,40+,41-,42-/m0/s1/i1D3. The van der Waals surface area contributed by atoms with E-state index < -0.39 is 49.2 Å². The lowest BCUT2D eigenvalue weighted by Gasteiger charge is -2.50. The van der Waals surface area contributed by atoms with E-state index in [9.17, 15) is 9.50 Å². The highest BCUT2D eigenvalue weighted by Gasteiger charge is 2.69. The minimum atomic E-state index is -2.79. The van der Waals surface area contributed by atoms with E-state index in [1.54, 1.807) is 18.2 Å². The lowest BCUT2D eigenvalue weighted by molar-refractivity contribution is -0.353. The van der Waals surface area contributed by atoms with Crippen molar-refractivity contribution < 1.29 is 42.0 Å². The van der Waals surface area contributed by atoms with Gasteiger partial charge in [-0.15, -0.1) is 0 Å². The Morgan fingerprint density at radius 2 is 1.37 bits per heavy atom. The van der Waals surface area contributed by atoms with Gasteiger partial charge in [0.05, 0.1) is 44.2 Å². The fourth-order valence-corrected chi connectivity index (χ4v) is 7.00. The van der Waals surface area contributed by atoms with Crippen LogP contribution in [-0.4, -0.2) is 49.3 Å². The van der Waals surface area contributed by atoms with Gasteiger partial charge < -0.3 is 33.5 Å². The molecule has 5 aromatic rings. The summed E-state index contributed by atoms with van der Waals surface area (Å²) >= 11 is 6.75. The molecular weight excluding hydrogens is 671 g/mol. The summed E-state index contributed by atoms with van der Waals surface area (Å²) in [6, 6.07) is 38.6. The molecule has 9 heteroatoms. The van der Waals surface area contributed by atoms with Gasteiger partial charge in [-0.2, -0.15) is 0 Å². The molecule has 51 heavy (non-hydrogen) atoms. The molecule has 2 aliphatic heterocycles. The van der Waals surface area contributed by atoms with Crippen LogP contribution < -0.4 is 4.74 Å². The van der Waals surface area contributed by atoms with Crippen molar-refractivity contribution in [2.45, 2.75) is 55.9 Å². The summed E-state index contributed by atoms with van der Waals surface area (Å²) in [5, 5.41) is 11.5. The Hall–Kier alpha value is -4.12. The summed E-state index contributed by atoms with van der Waals surface area (Å²) < 4.78 is 75.7. The van der Waals surface area contributed by atoms with Gasteiger partial charge in [0.25, 0.3) is 0 Å². The summed E-state index contributed by atoms with van der Waals surface area (Å²) in [5.41, 5.74) is 3.13. The SMILES string of the molecule is [2H]C([2H])([2H])Oc1ccc(Cc2cc([C@]34OC[C@](CO)(O3)[C@@H](OCc3ccccc3)[C@H](OCc3ccccc3)[C@H]4OCc3ccccc3)ccc2Cl)cc1F. The molecule has 5 atom stereocenters. The summed E-state index contributed by atoms with van der Waals surface area (Å²) in [6.45, 7) is 0.159. The van der Waals surface area contributed by atoms with Crippen molar-refractivity contribution in [2.75, 3.05) is 20.3 Å². The van der Waals surface area contributed by atoms with Crippen LogP contribution >= 0.6 is 11.6 Å². The molecule has 0 aliphatic carbocycles. The highest BCUT2D eigenvalue weighted by atomic mass is 35.5. The van der Waals surface area contributed by atoms with Crippen LogP contribution in [0.2, 0.25) is 5.02 Å². The van der Waals surface area contributed by atoms with Gasteiger partial charge >= 0.3 is 0 Å². The van der Waals surface area contributed by atoms with Gasteiger partial charge in [0, 0.05) is 10.6 Å². The van der Waals surface area contributed by atoms with Crippen molar-refractivity contribution in [3.8, 4) is 5.75 Å². The molecule has 2 aliphatic rings. The predicted molar refractivity (Wildman–Crippen MR) is 191 cm³/mol. The van der Waals surface area contributed by atoms with Crippen molar-refractivity contribution in [1.82, 2.24) is 0 Å². The van der Waals surface area contributed by atoms with Crippen molar-refractivity contribution in [3.05, 3.63) is 172 Å². The Bertz CT molecular complexity index is 2010. The zero-order chi connectivity index (χ0) is 37.8. The lowest BCUT2D eigenvalue weighted by atomic mass is 9.83. The molecule has 0 saturated carbocycles. The first-order chi connectivity index (χ1) is 26.1. The van der Waals surface area contributed by atoms with Crippen LogP contribution in [0.3, 0.4) is 0 Å². The largest absolute Gasteiger partial charge is 0.494 e. The Balaban J connectivity index is 1.28. The molecule has 1 N–H and O–H groups in total. The molecule has 0 radical (unpaired) electrons.